The van der Waals surface area contributed by atoms with Gasteiger partial charge in [-0.15, -0.1) is 0 Å². The molecule has 0 aliphatic rings. The first-order chi connectivity index (χ1) is 14.1. The van der Waals surface area contributed by atoms with Gasteiger partial charge in [0.2, 0.25) is 0 Å². The van der Waals surface area contributed by atoms with E-state index in [0.29, 0.717) is 18.8 Å². The topological polar surface area (TPSA) is 28.0 Å². The van der Waals surface area contributed by atoms with Crippen molar-refractivity contribution in [1.82, 2.24) is 0 Å². The predicted molar refractivity (Wildman–Crippen MR) is 117 cm³/mol. The second kappa shape index (κ2) is 10.8. The van der Waals surface area contributed by atoms with E-state index in [9.17, 15) is 5.11 Å². The second-order valence-corrected chi connectivity index (χ2v) is 8.35. The van der Waals surface area contributed by atoms with Crippen LogP contribution in [0.1, 0.15) is 56.2 Å². The molecule has 0 unspecified atom stereocenters. The van der Waals surface area contributed by atoms with Crippen molar-refractivity contribution < 1.29 is 14.2 Å². The lowest BCUT2D eigenvalue weighted by molar-refractivity contribution is -0.689. The minimum atomic E-state index is 0.418. The van der Waals surface area contributed by atoms with Crippen molar-refractivity contribution in [2.24, 2.45) is 5.92 Å². The van der Waals surface area contributed by atoms with Gasteiger partial charge < -0.3 is 5.11 Å². The Labute approximate surface area is 175 Å². The third kappa shape index (κ3) is 6.70. The molecule has 0 bridgehead atoms. The standard InChI is InChI=1S/C26H33N2O/c1-22(2)12-6-3-7-13-23-18-24(20-27-14-8-4-9-15-27)26(29)25(19-23)21-28-16-10-5-11-17-28/h4-5,8-11,14-19,22H,3,6-7,12-13,20-21H2,1-2H3/q+1/p+1. The molecule has 3 heteroatoms. The van der Waals surface area contributed by atoms with E-state index < -0.39 is 0 Å². The van der Waals surface area contributed by atoms with Crippen LogP contribution in [0.5, 0.6) is 5.75 Å². The summed E-state index contributed by atoms with van der Waals surface area (Å²) in [6.45, 7) is 5.95. The summed E-state index contributed by atoms with van der Waals surface area (Å²) in [5.41, 5.74) is 3.31. The second-order valence-electron chi connectivity index (χ2n) is 8.35. The van der Waals surface area contributed by atoms with Crippen LogP contribution in [0, 0.1) is 5.92 Å². The highest BCUT2D eigenvalue weighted by atomic mass is 16.3. The van der Waals surface area contributed by atoms with Gasteiger partial charge in [0.25, 0.3) is 0 Å². The van der Waals surface area contributed by atoms with Gasteiger partial charge in [-0.1, -0.05) is 45.2 Å². The fraction of sp³-hybridized carbons (Fsp3) is 0.385. The van der Waals surface area contributed by atoms with Crippen LogP contribution in [0.15, 0.2) is 73.3 Å². The van der Waals surface area contributed by atoms with E-state index in [0.717, 1.165) is 23.5 Å². The quantitative estimate of drug-likeness (QED) is 0.390. The molecule has 2 heterocycles. The molecule has 2 aromatic heterocycles. The summed E-state index contributed by atoms with van der Waals surface area (Å²) in [6.07, 6.45) is 14.3. The van der Waals surface area contributed by atoms with Crippen LogP contribution < -0.4 is 9.13 Å². The average Bonchev–Trinajstić information content (AvgIpc) is 2.72. The zero-order valence-electron chi connectivity index (χ0n) is 17.8. The number of hydrogen-bond acceptors (Lipinski definition) is 1. The Morgan fingerprint density at radius 3 is 1.72 bits per heavy atom. The lowest BCUT2D eigenvalue weighted by atomic mass is 9.98. The first-order valence-electron chi connectivity index (χ1n) is 10.8. The van der Waals surface area contributed by atoms with E-state index in [2.05, 4.69) is 35.1 Å². The molecule has 0 aliphatic heterocycles. The molecule has 152 valence electrons. The van der Waals surface area contributed by atoms with Gasteiger partial charge >= 0.3 is 0 Å². The Balaban J connectivity index is 1.78. The highest BCUT2D eigenvalue weighted by molar-refractivity contribution is 5.43. The number of hydrogen-bond donors (Lipinski definition) is 1. The molecule has 3 nitrogen and oxygen atoms in total. The maximum atomic E-state index is 11.0. The largest absolute Gasteiger partial charge is 0.507 e. The van der Waals surface area contributed by atoms with Crippen molar-refractivity contribution in [2.75, 3.05) is 0 Å². The van der Waals surface area contributed by atoms with E-state index >= 15 is 0 Å². The van der Waals surface area contributed by atoms with Gasteiger partial charge in [0.05, 0.1) is 11.1 Å². The van der Waals surface area contributed by atoms with Gasteiger partial charge in [0.15, 0.2) is 37.9 Å². The molecule has 0 saturated carbocycles. The Morgan fingerprint density at radius 2 is 1.24 bits per heavy atom. The number of rotatable bonds is 10. The first-order valence-corrected chi connectivity index (χ1v) is 10.8. The van der Waals surface area contributed by atoms with E-state index in [1.165, 1.54) is 31.2 Å². The van der Waals surface area contributed by atoms with Crippen LogP contribution in [0.25, 0.3) is 0 Å². The Kier molecular flexibility index (Phi) is 7.80. The maximum absolute atomic E-state index is 11.0. The summed E-state index contributed by atoms with van der Waals surface area (Å²) in [6, 6.07) is 16.5. The summed E-state index contributed by atoms with van der Waals surface area (Å²) in [4.78, 5) is 0. The van der Waals surface area contributed by atoms with Gasteiger partial charge in [0, 0.05) is 24.3 Å². The van der Waals surface area contributed by atoms with Crippen LogP contribution in [-0.2, 0) is 19.5 Å². The van der Waals surface area contributed by atoms with E-state index in [1.807, 2.05) is 61.2 Å². The van der Waals surface area contributed by atoms with Crippen molar-refractivity contribution in [1.29, 1.82) is 0 Å². The van der Waals surface area contributed by atoms with Gasteiger partial charge in [-0.25, -0.2) is 9.13 Å². The number of aromatic nitrogens is 2. The van der Waals surface area contributed by atoms with Crippen molar-refractivity contribution in [2.45, 2.75) is 59.0 Å². The minimum Gasteiger partial charge on any atom is -0.507 e. The Morgan fingerprint density at radius 1 is 0.724 bits per heavy atom. The molecule has 0 spiro atoms. The Hall–Kier alpha value is -2.68. The molecule has 0 radical (unpaired) electrons. The van der Waals surface area contributed by atoms with Gasteiger partial charge in [-0.2, -0.15) is 0 Å². The van der Waals surface area contributed by atoms with Gasteiger partial charge in [0.1, 0.15) is 5.75 Å². The summed E-state index contributed by atoms with van der Waals surface area (Å²) in [5, 5.41) is 11.0. The molecule has 0 amide bonds. The van der Waals surface area contributed by atoms with Crippen LogP contribution in [-0.4, -0.2) is 5.11 Å². The van der Waals surface area contributed by atoms with Crippen molar-refractivity contribution >= 4 is 0 Å². The van der Waals surface area contributed by atoms with Crippen LogP contribution in [0.3, 0.4) is 0 Å². The molecule has 0 aliphatic carbocycles. The molecule has 3 aromatic rings. The molecule has 1 N–H and O–H groups in total. The first kappa shape index (κ1) is 21.0. The van der Waals surface area contributed by atoms with Crippen LogP contribution >= 0.6 is 0 Å². The van der Waals surface area contributed by atoms with E-state index in [-0.39, 0.29) is 0 Å². The van der Waals surface area contributed by atoms with Crippen molar-refractivity contribution in [3.63, 3.8) is 0 Å². The fourth-order valence-corrected chi connectivity index (χ4v) is 3.75. The number of aromatic hydroxyl groups is 1. The number of pyridine rings is 2. The highest BCUT2D eigenvalue weighted by Gasteiger charge is 2.16. The highest BCUT2D eigenvalue weighted by Crippen LogP contribution is 2.26. The smallest absolute Gasteiger partial charge is 0.177 e. The molecule has 1 aromatic carbocycles. The third-order valence-electron chi connectivity index (χ3n) is 5.33. The number of phenolic OH excluding ortho intramolecular Hbond substituents is 1. The van der Waals surface area contributed by atoms with Crippen LogP contribution in [0.4, 0.5) is 0 Å². The number of aryl methyl sites for hydroxylation is 1. The Bertz CT molecular complexity index is 813. The lowest BCUT2D eigenvalue weighted by Gasteiger charge is -2.11. The number of benzene rings is 1. The molecule has 0 fully saturated rings. The average molecular weight is 391 g/mol. The van der Waals surface area contributed by atoms with Crippen LogP contribution in [0.2, 0.25) is 0 Å². The maximum Gasteiger partial charge on any atom is 0.177 e. The van der Waals surface area contributed by atoms with E-state index in [1.54, 1.807) is 0 Å². The zero-order valence-corrected chi connectivity index (χ0v) is 17.8. The summed E-state index contributed by atoms with van der Waals surface area (Å²) >= 11 is 0. The van der Waals surface area contributed by atoms with Gasteiger partial charge in [-0.3, -0.25) is 0 Å². The number of unbranched alkanes of at least 4 members (excludes halogenated alkanes) is 2. The molecule has 3 rings (SSSR count). The normalized spacial score (nSPS) is 11.1. The monoisotopic (exact) mass is 390 g/mol. The SMILES string of the molecule is CC(C)CCCCCc1cc(C[n+]2ccccc2)c(O)c(C[n+]2ccccc2)c1. The summed E-state index contributed by atoms with van der Waals surface area (Å²) < 4.78 is 4.22. The minimum absolute atomic E-state index is 0.418. The number of nitrogens with zero attached hydrogens (tertiary/aromatic N) is 2. The predicted octanol–water partition coefficient (Wildman–Crippen LogP) is 4.82. The summed E-state index contributed by atoms with van der Waals surface area (Å²) in [5.74, 6) is 1.20. The molecule has 0 saturated heterocycles. The van der Waals surface area contributed by atoms with Crippen molar-refractivity contribution in [3.05, 3.63) is 90.0 Å². The zero-order chi connectivity index (χ0) is 20.5. The summed E-state index contributed by atoms with van der Waals surface area (Å²) in [7, 11) is 0. The molecular formula is C26H34N2O+2. The molecule has 0 atom stereocenters. The lowest BCUT2D eigenvalue weighted by Crippen LogP contribution is -2.34. The molecular weight excluding hydrogens is 356 g/mol. The third-order valence-corrected chi connectivity index (χ3v) is 5.33. The fourth-order valence-electron chi connectivity index (χ4n) is 3.75. The van der Waals surface area contributed by atoms with Gasteiger partial charge in [-0.05, 0) is 36.5 Å². The molecule has 29 heavy (non-hydrogen) atoms. The van der Waals surface area contributed by atoms with E-state index in [4.69, 9.17) is 0 Å². The van der Waals surface area contributed by atoms with Crippen molar-refractivity contribution in [3.8, 4) is 5.75 Å². The number of phenols is 1.